The number of ether oxygens (including phenoxy) is 2. The van der Waals surface area contributed by atoms with Gasteiger partial charge in [0.1, 0.15) is 18.2 Å². The second-order valence-electron chi connectivity index (χ2n) is 5.80. The third kappa shape index (κ3) is 4.64. The first kappa shape index (κ1) is 19.8. The van der Waals surface area contributed by atoms with Crippen molar-refractivity contribution in [2.75, 3.05) is 19.8 Å². The van der Waals surface area contributed by atoms with Crippen LogP contribution in [-0.4, -0.2) is 40.9 Å². The molecule has 0 spiro atoms. The van der Waals surface area contributed by atoms with Gasteiger partial charge in [-0.15, -0.1) is 0 Å². The van der Waals surface area contributed by atoms with Crippen LogP contribution in [0.25, 0.3) is 6.08 Å². The molecule has 1 aliphatic heterocycles. The van der Waals surface area contributed by atoms with E-state index in [0.717, 1.165) is 16.7 Å². The summed E-state index contributed by atoms with van der Waals surface area (Å²) in [6.45, 7) is 2.37. The Hall–Kier alpha value is -3.00. The number of halogens is 1. The smallest absolute Gasteiger partial charge is 0.293 e. The SMILES string of the molecule is CCOc1cc(/C=C2\SC(=O)N(CCOc3ccc(F)cc3)C2=O)ccc1O. The molecular formula is C20H18FNO5S. The van der Waals surface area contributed by atoms with E-state index < -0.39 is 5.91 Å². The van der Waals surface area contributed by atoms with E-state index in [9.17, 15) is 19.1 Å². The summed E-state index contributed by atoms with van der Waals surface area (Å²) < 4.78 is 23.7. The molecule has 0 aromatic heterocycles. The van der Waals surface area contributed by atoms with Crippen LogP contribution in [0.5, 0.6) is 17.2 Å². The van der Waals surface area contributed by atoms with Crippen molar-refractivity contribution in [2.24, 2.45) is 0 Å². The number of phenolic OH excluding ortho intramolecular Hbond substituents is 1. The molecule has 2 aromatic rings. The van der Waals surface area contributed by atoms with Crippen molar-refractivity contribution < 1.29 is 28.6 Å². The maximum absolute atomic E-state index is 12.9. The highest BCUT2D eigenvalue weighted by molar-refractivity contribution is 8.18. The van der Waals surface area contributed by atoms with Gasteiger partial charge in [-0.1, -0.05) is 6.07 Å². The molecule has 2 amide bonds. The molecule has 0 radical (unpaired) electrons. The van der Waals surface area contributed by atoms with E-state index in [1.165, 1.54) is 30.3 Å². The predicted octanol–water partition coefficient (Wildman–Crippen LogP) is 4.05. The van der Waals surface area contributed by atoms with Gasteiger partial charge < -0.3 is 14.6 Å². The third-order valence-corrected chi connectivity index (χ3v) is 4.76. The molecule has 28 heavy (non-hydrogen) atoms. The van der Waals surface area contributed by atoms with Gasteiger partial charge in [0.2, 0.25) is 0 Å². The molecule has 0 saturated carbocycles. The van der Waals surface area contributed by atoms with Crippen molar-refractivity contribution in [2.45, 2.75) is 6.92 Å². The predicted molar refractivity (Wildman–Crippen MR) is 104 cm³/mol. The van der Waals surface area contributed by atoms with Crippen molar-refractivity contribution in [1.82, 2.24) is 4.90 Å². The molecule has 3 rings (SSSR count). The summed E-state index contributed by atoms with van der Waals surface area (Å²) in [6, 6.07) is 10.2. The molecule has 0 bridgehead atoms. The molecular weight excluding hydrogens is 385 g/mol. The molecule has 8 heteroatoms. The van der Waals surface area contributed by atoms with E-state index in [2.05, 4.69) is 0 Å². The fourth-order valence-electron chi connectivity index (χ4n) is 2.52. The maximum Gasteiger partial charge on any atom is 0.293 e. The van der Waals surface area contributed by atoms with Gasteiger partial charge in [0.05, 0.1) is 18.1 Å². The molecule has 1 fully saturated rings. The Kier molecular flexibility index (Phi) is 6.20. The van der Waals surface area contributed by atoms with Crippen LogP contribution in [0.15, 0.2) is 47.4 Å². The van der Waals surface area contributed by atoms with Crippen LogP contribution in [0.2, 0.25) is 0 Å². The lowest BCUT2D eigenvalue weighted by molar-refractivity contribution is -0.123. The number of hydrogen-bond donors (Lipinski definition) is 1. The van der Waals surface area contributed by atoms with Gasteiger partial charge in [0.15, 0.2) is 11.5 Å². The Labute approximate surface area is 165 Å². The molecule has 146 valence electrons. The molecule has 0 unspecified atom stereocenters. The van der Waals surface area contributed by atoms with Crippen LogP contribution < -0.4 is 9.47 Å². The number of benzene rings is 2. The fourth-order valence-corrected chi connectivity index (χ4v) is 3.39. The number of carbonyl (C=O) groups excluding carboxylic acids is 2. The summed E-state index contributed by atoms with van der Waals surface area (Å²) in [5.74, 6) is -0.0152. The average molecular weight is 403 g/mol. The molecule has 6 nitrogen and oxygen atoms in total. The molecule has 1 N–H and O–H groups in total. The number of imide groups is 1. The van der Waals surface area contributed by atoms with Crippen LogP contribution in [0.3, 0.4) is 0 Å². The molecule has 1 saturated heterocycles. The van der Waals surface area contributed by atoms with Crippen molar-refractivity contribution in [3.05, 3.63) is 58.8 Å². The number of amides is 2. The Morgan fingerprint density at radius 2 is 1.89 bits per heavy atom. The highest BCUT2D eigenvalue weighted by Crippen LogP contribution is 2.34. The second-order valence-corrected chi connectivity index (χ2v) is 6.79. The minimum atomic E-state index is -0.413. The molecule has 0 aliphatic carbocycles. The Bertz CT molecular complexity index is 913. The number of rotatable bonds is 7. The lowest BCUT2D eigenvalue weighted by Gasteiger charge is -2.13. The number of carbonyl (C=O) groups is 2. The number of thioether (sulfide) groups is 1. The standard InChI is InChI=1S/C20H18FNO5S/c1-2-26-17-11-13(3-8-16(17)23)12-18-19(24)22(20(25)28-18)9-10-27-15-6-4-14(21)5-7-15/h3-8,11-12,23H,2,9-10H2,1H3/b18-12-. The lowest BCUT2D eigenvalue weighted by atomic mass is 10.2. The first-order chi connectivity index (χ1) is 13.5. The first-order valence-electron chi connectivity index (χ1n) is 8.57. The van der Waals surface area contributed by atoms with Crippen LogP contribution in [0, 0.1) is 5.82 Å². The fraction of sp³-hybridized carbons (Fsp3) is 0.200. The topological polar surface area (TPSA) is 76.1 Å². The van der Waals surface area contributed by atoms with E-state index in [1.54, 1.807) is 25.1 Å². The third-order valence-electron chi connectivity index (χ3n) is 3.85. The van der Waals surface area contributed by atoms with E-state index in [-0.39, 0.29) is 34.9 Å². The zero-order chi connectivity index (χ0) is 20.1. The zero-order valence-corrected chi connectivity index (χ0v) is 15.9. The average Bonchev–Trinajstić information content (AvgIpc) is 2.93. The Morgan fingerprint density at radius 3 is 2.61 bits per heavy atom. The van der Waals surface area contributed by atoms with Crippen molar-refractivity contribution in [3.8, 4) is 17.2 Å². The second kappa shape index (κ2) is 8.79. The van der Waals surface area contributed by atoms with Crippen molar-refractivity contribution in [3.63, 3.8) is 0 Å². The summed E-state index contributed by atoms with van der Waals surface area (Å²) in [5.41, 5.74) is 0.634. The molecule has 1 heterocycles. The minimum absolute atomic E-state index is 0.00467. The zero-order valence-electron chi connectivity index (χ0n) is 15.1. The summed E-state index contributed by atoms with van der Waals surface area (Å²) in [7, 11) is 0. The van der Waals surface area contributed by atoms with Crippen LogP contribution in [0.1, 0.15) is 12.5 Å². The number of nitrogens with zero attached hydrogens (tertiary/aromatic N) is 1. The van der Waals surface area contributed by atoms with Gasteiger partial charge in [-0.05, 0) is 66.7 Å². The summed E-state index contributed by atoms with van der Waals surface area (Å²) in [4.78, 5) is 26.0. The minimum Gasteiger partial charge on any atom is -0.504 e. The van der Waals surface area contributed by atoms with Gasteiger partial charge in [-0.2, -0.15) is 0 Å². The Balaban J connectivity index is 1.65. The monoisotopic (exact) mass is 403 g/mol. The van der Waals surface area contributed by atoms with Crippen molar-refractivity contribution in [1.29, 1.82) is 0 Å². The normalized spacial score (nSPS) is 15.4. The van der Waals surface area contributed by atoms with Gasteiger partial charge in [0.25, 0.3) is 11.1 Å². The molecule has 0 atom stereocenters. The molecule has 1 aliphatic rings. The van der Waals surface area contributed by atoms with Gasteiger partial charge in [-0.3, -0.25) is 14.5 Å². The van der Waals surface area contributed by atoms with E-state index >= 15 is 0 Å². The summed E-state index contributed by atoms with van der Waals surface area (Å²) >= 11 is 0.838. The van der Waals surface area contributed by atoms with Crippen LogP contribution >= 0.6 is 11.8 Å². The largest absolute Gasteiger partial charge is 0.504 e. The maximum atomic E-state index is 12.9. The summed E-state index contributed by atoms with van der Waals surface area (Å²) in [6.07, 6.45) is 1.58. The van der Waals surface area contributed by atoms with Gasteiger partial charge in [0, 0.05) is 0 Å². The number of phenols is 1. The highest BCUT2D eigenvalue weighted by atomic mass is 32.2. The van der Waals surface area contributed by atoms with Crippen molar-refractivity contribution >= 4 is 29.0 Å². The Morgan fingerprint density at radius 1 is 1.14 bits per heavy atom. The number of aromatic hydroxyl groups is 1. The first-order valence-corrected chi connectivity index (χ1v) is 9.39. The lowest BCUT2D eigenvalue weighted by Crippen LogP contribution is -2.32. The van der Waals surface area contributed by atoms with Crippen LogP contribution in [0.4, 0.5) is 9.18 Å². The van der Waals surface area contributed by atoms with E-state index in [0.29, 0.717) is 23.7 Å². The van der Waals surface area contributed by atoms with Gasteiger partial charge >= 0.3 is 0 Å². The number of hydrogen-bond acceptors (Lipinski definition) is 6. The van der Waals surface area contributed by atoms with E-state index in [4.69, 9.17) is 9.47 Å². The molecule has 2 aromatic carbocycles. The van der Waals surface area contributed by atoms with E-state index in [1.807, 2.05) is 0 Å². The quantitative estimate of drug-likeness (QED) is 0.703. The van der Waals surface area contributed by atoms with Crippen LogP contribution in [-0.2, 0) is 4.79 Å². The highest BCUT2D eigenvalue weighted by Gasteiger charge is 2.34. The summed E-state index contributed by atoms with van der Waals surface area (Å²) in [5, 5.41) is 9.37. The van der Waals surface area contributed by atoms with Gasteiger partial charge in [-0.25, -0.2) is 4.39 Å².